The minimum atomic E-state index is -0.320. The topological polar surface area (TPSA) is 55.1 Å². The third-order valence-corrected chi connectivity index (χ3v) is 4.18. The predicted octanol–water partition coefficient (Wildman–Crippen LogP) is 2.85. The third-order valence-electron chi connectivity index (χ3n) is 3.28. The molecule has 6 heteroatoms. The van der Waals surface area contributed by atoms with Gasteiger partial charge in [0.05, 0.1) is 5.56 Å². The van der Waals surface area contributed by atoms with Crippen molar-refractivity contribution in [1.82, 2.24) is 5.32 Å². The molecule has 1 fully saturated rings. The summed E-state index contributed by atoms with van der Waals surface area (Å²) >= 11 is 1.98. The van der Waals surface area contributed by atoms with Crippen LogP contribution in [-0.2, 0) is 0 Å². The van der Waals surface area contributed by atoms with Crippen LogP contribution in [0.2, 0.25) is 0 Å². The summed E-state index contributed by atoms with van der Waals surface area (Å²) in [6, 6.07) is 4.67. The minimum Gasteiger partial charge on any atom is -0.349 e. The second kappa shape index (κ2) is 7.40. The van der Waals surface area contributed by atoms with Crippen molar-refractivity contribution in [2.75, 3.05) is 0 Å². The first kappa shape index (κ1) is 16.7. The van der Waals surface area contributed by atoms with Crippen LogP contribution in [0.4, 0.5) is 4.39 Å². The van der Waals surface area contributed by atoms with Gasteiger partial charge in [0.1, 0.15) is 5.82 Å². The lowest BCUT2D eigenvalue weighted by molar-refractivity contribution is 0.0925. The molecule has 1 aliphatic rings. The Morgan fingerprint density at radius 2 is 1.95 bits per heavy atom. The highest BCUT2D eigenvalue weighted by Crippen LogP contribution is 2.19. The lowest BCUT2D eigenvalue weighted by atomic mass is 9.91. The summed E-state index contributed by atoms with van der Waals surface area (Å²) in [5, 5.41) is 2.99. The summed E-state index contributed by atoms with van der Waals surface area (Å²) in [5.74, 6) is -0.445. The minimum absolute atomic E-state index is 0. The number of nitrogens with two attached hydrogens (primary N) is 1. The molecule has 19 heavy (non-hydrogen) atoms. The Morgan fingerprint density at radius 3 is 2.53 bits per heavy atom. The van der Waals surface area contributed by atoms with Crippen LogP contribution >= 0.6 is 35.0 Å². The maximum absolute atomic E-state index is 13.0. The molecule has 3 nitrogen and oxygen atoms in total. The van der Waals surface area contributed by atoms with Gasteiger partial charge in [-0.1, -0.05) is 0 Å². The van der Waals surface area contributed by atoms with Crippen molar-refractivity contribution in [3.05, 3.63) is 33.1 Å². The summed E-state index contributed by atoms with van der Waals surface area (Å²) in [6.45, 7) is 0. The number of nitrogens with one attached hydrogen (secondary N) is 1. The fourth-order valence-electron chi connectivity index (χ4n) is 2.20. The number of hydrogen-bond donors (Lipinski definition) is 2. The molecule has 0 atom stereocenters. The number of carbonyl (C=O) groups excluding carboxylic acids is 1. The predicted molar refractivity (Wildman–Crippen MR) is 84.1 cm³/mol. The molecule has 3 N–H and O–H groups in total. The zero-order chi connectivity index (χ0) is 13.1. The summed E-state index contributed by atoms with van der Waals surface area (Å²) in [4.78, 5) is 12.1. The maximum Gasteiger partial charge on any atom is 0.252 e. The molecule has 1 aromatic rings. The highest BCUT2D eigenvalue weighted by Gasteiger charge is 2.21. The number of halogens is 3. The number of carbonyl (C=O) groups is 1. The molecule has 1 saturated carbocycles. The van der Waals surface area contributed by atoms with E-state index in [1.54, 1.807) is 0 Å². The van der Waals surface area contributed by atoms with Crippen LogP contribution < -0.4 is 11.1 Å². The van der Waals surface area contributed by atoms with Crippen LogP contribution in [0.15, 0.2) is 18.2 Å². The molecule has 1 amide bonds. The second-order valence-electron chi connectivity index (χ2n) is 4.71. The van der Waals surface area contributed by atoms with Gasteiger partial charge in [-0.15, -0.1) is 12.4 Å². The van der Waals surface area contributed by atoms with Crippen molar-refractivity contribution in [2.45, 2.75) is 37.8 Å². The Balaban J connectivity index is 0.00000180. The molecule has 0 aromatic heterocycles. The van der Waals surface area contributed by atoms with E-state index in [1.807, 2.05) is 22.6 Å². The normalized spacial score (nSPS) is 22.5. The van der Waals surface area contributed by atoms with Crippen molar-refractivity contribution in [3.63, 3.8) is 0 Å². The van der Waals surface area contributed by atoms with Crippen molar-refractivity contribution >= 4 is 40.9 Å². The standard InChI is InChI=1S/C13H16FIN2O.ClH/c14-8-1-6-11(12(15)7-8)13(18)17-10-4-2-9(16)3-5-10;/h1,6-7,9-10H,2-5,16H2,(H,17,18);1H. The molecule has 0 saturated heterocycles. The molecule has 1 aromatic carbocycles. The summed E-state index contributed by atoms with van der Waals surface area (Å²) in [6.07, 6.45) is 3.74. The molecule has 0 unspecified atom stereocenters. The summed E-state index contributed by atoms with van der Waals surface area (Å²) < 4.78 is 13.6. The molecule has 0 heterocycles. The van der Waals surface area contributed by atoms with Crippen LogP contribution in [0.25, 0.3) is 0 Å². The van der Waals surface area contributed by atoms with E-state index in [2.05, 4.69) is 5.32 Å². The van der Waals surface area contributed by atoms with Crippen LogP contribution in [0.1, 0.15) is 36.0 Å². The smallest absolute Gasteiger partial charge is 0.252 e. The average molecular weight is 399 g/mol. The van der Waals surface area contributed by atoms with Crippen LogP contribution in [0.5, 0.6) is 0 Å². The first-order chi connectivity index (χ1) is 8.56. The Labute approximate surface area is 132 Å². The Bertz CT molecular complexity index is 450. The van der Waals surface area contributed by atoms with Gasteiger partial charge in [0.15, 0.2) is 0 Å². The van der Waals surface area contributed by atoms with Crippen molar-refractivity contribution in [2.24, 2.45) is 5.73 Å². The highest BCUT2D eigenvalue weighted by atomic mass is 127. The summed E-state index contributed by atoms with van der Waals surface area (Å²) in [5.41, 5.74) is 6.36. The zero-order valence-corrected chi connectivity index (χ0v) is 13.3. The van der Waals surface area contributed by atoms with Crippen LogP contribution in [0.3, 0.4) is 0 Å². The maximum atomic E-state index is 13.0. The average Bonchev–Trinajstić information content (AvgIpc) is 2.32. The van der Waals surface area contributed by atoms with Gasteiger partial charge in [-0.3, -0.25) is 4.79 Å². The molecule has 0 bridgehead atoms. The molecule has 0 radical (unpaired) electrons. The van der Waals surface area contributed by atoms with Gasteiger partial charge in [0.2, 0.25) is 0 Å². The fourth-order valence-corrected chi connectivity index (χ4v) is 2.92. The first-order valence-electron chi connectivity index (χ1n) is 6.08. The van der Waals surface area contributed by atoms with E-state index in [4.69, 9.17) is 5.73 Å². The van der Waals surface area contributed by atoms with E-state index < -0.39 is 0 Å². The monoisotopic (exact) mass is 398 g/mol. The Morgan fingerprint density at radius 1 is 1.32 bits per heavy atom. The summed E-state index contributed by atoms with van der Waals surface area (Å²) in [7, 11) is 0. The fraction of sp³-hybridized carbons (Fsp3) is 0.462. The van der Waals surface area contributed by atoms with Crippen LogP contribution in [-0.4, -0.2) is 18.0 Å². The number of amides is 1. The van der Waals surface area contributed by atoms with Gasteiger partial charge >= 0.3 is 0 Å². The third kappa shape index (κ3) is 4.57. The molecular weight excluding hydrogens is 382 g/mol. The van der Waals surface area contributed by atoms with Gasteiger partial charge < -0.3 is 11.1 Å². The van der Waals surface area contributed by atoms with E-state index in [0.29, 0.717) is 9.13 Å². The van der Waals surface area contributed by atoms with Gasteiger partial charge in [-0.25, -0.2) is 4.39 Å². The Kier molecular flexibility index (Phi) is 6.49. The highest BCUT2D eigenvalue weighted by molar-refractivity contribution is 14.1. The zero-order valence-electron chi connectivity index (χ0n) is 10.4. The van der Waals surface area contributed by atoms with Gasteiger partial charge in [0.25, 0.3) is 5.91 Å². The van der Waals surface area contributed by atoms with Gasteiger partial charge in [0, 0.05) is 15.7 Å². The van der Waals surface area contributed by atoms with Gasteiger partial charge in [-0.05, 0) is 66.5 Å². The SMILES string of the molecule is Cl.NC1CCC(NC(=O)c2ccc(F)cc2I)CC1. The number of benzene rings is 1. The van der Waals surface area contributed by atoms with E-state index >= 15 is 0 Å². The van der Waals surface area contributed by atoms with E-state index in [9.17, 15) is 9.18 Å². The van der Waals surface area contributed by atoms with Crippen LogP contribution in [0, 0.1) is 9.39 Å². The molecule has 106 valence electrons. The molecular formula is C13H17ClFIN2O. The molecule has 0 aliphatic heterocycles. The number of rotatable bonds is 2. The molecule has 0 spiro atoms. The van der Waals surface area contributed by atoms with E-state index in [0.717, 1.165) is 25.7 Å². The van der Waals surface area contributed by atoms with E-state index in [-0.39, 0.29) is 36.2 Å². The van der Waals surface area contributed by atoms with Crippen molar-refractivity contribution < 1.29 is 9.18 Å². The molecule has 2 rings (SSSR count). The largest absolute Gasteiger partial charge is 0.349 e. The lowest BCUT2D eigenvalue weighted by Gasteiger charge is -2.26. The second-order valence-corrected chi connectivity index (χ2v) is 5.87. The van der Waals surface area contributed by atoms with Crippen molar-refractivity contribution in [1.29, 1.82) is 0 Å². The Hall–Kier alpha value is -0.400. The lowest BCUT2D eigenvalue weighted by Crippen LogP contribution is -2.40. The number of hydrogen-bond acceptors (Lipinski definition) is 2. The van der Waals surface area contributed by atoms with Gasteiger partial charge in [-0.2, -0.15) is 0 Å². The molecule has 1 aliphatic carbocycles. The van der Waals surface area contributed by atoms with E-state index in [1.165, 1.54) is 18.2 Å². The quantitative estimate of drug-likeness (QED) is 0.753. The first-order valence-corrected chi connectivity index (χ1v) is 7.15. The van der Waals surface area contributed by atoms with Crippen molar-refractivity contribution in [3.8, 4) is 0 Å².